The summed E-state index contributed by atoms with van der Waals surface area (Å²) in [5.41, 5.74) is 7.22. The molecule has 1 unspecified atom stereocenters. The van der Waals surface area contributed by atoms with Gasteiger partial charge >= 0.3 is 0 Å². The third kappa shape index (κ3) is 2.99. The monoisotopic (exact) mass is 221 g/mol. The van der Waals surface area contributed by atoms with Crippen LogP contribution in [-0.2, 0) is 5.41 Å². The van der Waals surface area contributed by atoms with E-state index in [9.17, 15) is 0 Å². The van der Waals surface area contributed by atoms with E-state index >= 15 is 0 Å². The average Bonchev–Trinajstić information content (AvgIpc) is 2.36. The van der Waals surface area contributed by atoms with E-state index in [1.165, 1.54) is 5.56 Å². The van der Waals surface area contributed by atoms with E-state index < -0.39 is 0 Å². The Hall–Kier alpha value is -1.02. The normalized spacial score (nSPS) is 14.5. The van der Waals surface area contributed by atoms with Gasteiger partial charge in [0.25, 0.3) is 0 Å². The third-order valence-electron chi connectivity index (χ3n) is 3.25. The summed E-state index contributed by atoms with van der Waals surface area (Å²) in [6.07, 6.45) is 2.09. The Bertz CT molecular complexity index is 301. The molecule has 0 heterocycles. The summed E-state index contributed by atoms with van der Waals surface area (Å²) < 4.78 is 5.56. The molecule has 0 saturated carbocycles. The van der Waals surface area contributed by atoms with Crippen molar-refractivity contribution in [3.63, 3.8) is 0 Å². The lowest BCUT2D eigenvalue weighted by Gasteiger charge is -2.27. The first kappa shape index (κ1) is 13.0. The predicted octanol–water partition coefficient (Wildman–Crippen LogP) is 3.10. The summed E-state index contributed by atoms with van der Waals surface area (Å²) in [5, 5.41) is 0. The molecule has 0 aliphatic carbocycles. The second-order valence-electron chi connectivity index (χ2n) is 4.49. The largest absolute Gasteiger partial charge is 0.494 e. The van der Waals surface area contributed by atoms with Crippen LogP contribution in [0.4, 0.5) is 0 Å². The smallest absolute Gasteiger partial charge is 0.119 e. The molecule has 16 heavy (non-hydrogen) atoms. The SMILES string of the molecule is CCCOc1ccc(C(C)(CC)CN)cc1. The fourth-order valence-electron chi connectivity index (χ4n) is 1.64. The molecule has 1 aromatic rings. The van der Waals surface area contributed by atoms with E-state index in [1.54, 1.807) is 0 Å². The molecule has 1 aromatic carbocycles. The van der Waals surface area contributed by atoms with Crippen LogP contribution in [0.5, 0.6) is 5.75 Å². The van der Waals surface area contributed by atoms with Crippen LogP contribution in [0.1, 0.15) is 39.2 Å². The molecule has 0 fully saturated rings. The second-order valence-corrected chi connectivity index (χ2v) is 4.49. The first-order valence-corrected chi connectivity index (χ1v) is 6.09. The highest BCUT2D eigenvalue weighted by molar-refractivity contribution is 5.32. The summed E-state index contributed by atoms with van der Waals surface area (Å²) in [6.45, 7) is 7.94. The first-order valence-electron chi connectivity index (χ1n) is 6.09. The van der Waals surface area contributed by atoms with Crippen LogP contribution in [0.25, 0.3) is 0 Å². The second kappa shape index (κ2) is 5.90. The van der Waals surface area contributed by atoms with Crippen molar-refractivity contribution >= 4 is 0 Å². The van der Waals surface area contributed by atoms with Crippen LogP contribution < -0.4 is 10.5 Å². The van der Waals surface area contributed by atoms with Crippen LogP contribution in [0, 0.1) is 0 Å². The van der Waals surface area contributed by atoms with Gasteiger partial charge in [0, 0.05) is 12.0 Å². The molecule has 0 radical (unpaired) electrons. The number of hydrogen-bond acceptors (Lipinski definition) is 2. The minimum atomic E-state index is 0.0866. The maximum Gasteiger partial charge on any atom is 0.119 e. The number of nitrogens with two attached hydrogens (primary N) is 1. The van der Waals surface area contributed by atoms with Crippen LogP contribution >= 0.6 is 0 Å². The van der Waals surface area contributed by atoms with Crippen LogP contribution in [-0.4, -0.2) is 13.2 Å². The van der Waals surface area contributed by atoms with Crippen LogP contribution in [0.3, 0.4) is 0 Å². The molecule has 90 valence electrons. The Morgan fingerprint density at radius 2 is 1.81 bits per heavy atom. The molecule has 2 N–H and O–H groups in total. The Balaban J connectivity index is 2.77. The fraction of sp³-hybridized carbons (Fsp3) is 0.571. The van der Waals surface area contributed by atoms with Gasteiger partial charge in [-0.1, -0.05) is 32.9 Å². The van der Waals surface area contributed by atoms with Gasteiger partial charge in [-0.3, -0.25) is 0 Å². The standard InChI is InChI=1S/C14H23NO/c1-4-10-16-13-8-6-12(7-9-13)14(3,5-2)11-15/h6-9H,4-5,10-11,15H2,1-3H3. The van der Waals surface area contributed by atoms with Crippen molar-refractivity contribution in [2.45, 2.75) is 39.0 Å². The minimum absolute atomic E-state index is 0.0866. The maximum atomic E-state index is 5.84. The topological polar surface area (TPSA) is 35.2 Å². The van der Waals surface area contributed by atoms with E-state index in [4.69, 9.17) is 10.5 Å². The molecule has 2 heteroatoms. The highest BCUT2D eigenvalue weighted by atomic mass is 16.5. The van der Waals surface area contributed by atoms with Gasteiger partial charge in [0.2, 0.25) is 0 Å². The van der Waals surface area contributed by atoms with Gasteiger partial charge in [-0.05, 0) is 30.5 Å². The van der Waals surface area contributed by atoms with Crippen LogP contribution in [0.2, 0.25) is 0 Å². The Morgan fingerprint density at radius 1 is 1.19 bits per heavy atom. The Morgan fingerprint density at radius 3 is 2.25 bits per heavy atom. The van der Waals surface area contributed by atoms with E-state index in [2.05, 4.69) is 32.9 Å². The van der Waals surface area contributed by atoms with Gasteiger partial charge in [-0.15, -0.1) is 0 Å². The molecule has 0 bridgehead atoms. The zero-order valence-electron chi connectivity index (χ0n) is 10.6. The molecule has 0 aliphatic rings. The van der Waals surface area contributed by atoms with Gasteiger partial charge in [0.1, 0.15) is 5.75 Å². The molecule has 2 nitrogen and oxygen atoms in total. The van der Waals surface area contributed by atoms with Gasteiger partial charge in [0.05, 0.1) is 6.61 Å². The highest BCUT2D eigenvalue weighted by Crippen LogP contribution is 2.27. The molecule has 0 saturated heterocycles. The predicted molar refractivity (Wildman–Crippen MR) is 68.9 cm³/mol. The summed E-state index contributed by atoms with van der Waals surface area (Å²) in [7, 11) is 0. The quantitative estimate of drug-likeness (QED) is 0.801. The van der Waals surface area contributed by atoms with Gasteiger partial charge in [-0.2, -0.15) is 0 Å². The van der Waals surface area contributed by atoms with Crippen molar-refractivity contribution in [2.75, 3.05) is 13.2 Å². The molecular weight excluding hydrogens is 198 g/mol. The summed E-state index contributed by atoms with van der Waals surface area (Å²) in [4.78, 5) is 0. The van der Waals surface area contributed by atoms with Crippen molar-refractivity contribution in [1.82, 2.24) is 0 Å². The third-order valence-corrected chi connectivity index (χ3v) is 3.25. The van der Waals surface area contributed by atoms with E-state index in [0.717, 1.165) is 25.2 Å². The average molecular weight is 221 g/mol. The van der Waals surface area contributed by atoms with E-state index in [-0.39, 0.29) is 5.41 Å². The number of benzene rings is 1. The number of rotatable bonds is 6. The summed E-state index contributed by atoms with van der Waals surface area (Å²) in [6, 6.07) is 8.33. The van der Waals surface area contributed by atoms with Gasteiger partial charge in [0.15, 0.2) is 0 Å². The molecule has 1 rings (SSSR count). The lowest BCUT2D eigenvalue weighted by atomic mass is 9.80. The van der Waals surface area contributed by atoms with Crippen molar-refractivity contribution in [1.29, 1.82) is 0 Å². The zero-order valence-corrected chi connectivity index (χ0v) is 10.6. The molecule has 0 spiro atoms. The molecule has 0 amide bonds. The lowest BCUT2D eigenvalue weighted by Crippen LogP contribution is -2.30. The minimum Gasteiger partial charge on any atom is -0.494 e. The Kier molecular flexibility index (Phi) is 4.81. The van der Waals surface area contributed by atoms with Gasteiger partial charge < -0.3 is 10.5 Å². The highest BCUT2D eigenvalue weighted by Gasteiger charge is 2.22. The van der Waals surface area contributed by atoms with Crippen LogP contribution in [0.15, 0.2) is 24.3 Å². The molecular formula is C14H23NO. The van der Waals surface area contributed by atoms with Crippen molar-refractivity contribution in [3.05, 3.63) is 29.8 Å². The fourth-order valence-corrected chi connectivity index (χ4v) is 1.64. The molecule has 0 aliphatic heterocycles. The van der Waals surface area contributed by atoms with Crippen molar-refractivity contribution in [2.24, 2.45) is 5.73 Å². The first-order chi connectivity index (χ1) is 7.66. The Labute approximate surface area is 98.8 Å². The van der Waals surface area contributed by atoms with Crippen molar-refractivity contribution in [3.8, 4) is 5.75 Å². The number of hydrogen-bond donors (Lipinski definition) is 1. The molecule has 0 aromatic heterocycles. The van der Waals surface area contributed by atoms with Gasteiger partial charge in [-0.25, -0.2) is 0 Å². The maximum absolute atomic E-state index is 5.84. The van der Waals surface area contributed by atoms with E-state index in [1.807, 2.05) is 12.1 Å². The van der Waals surface area contributed by atoms with Crippen molar-refractivity contribution < 1.29 is 4.74 Å². The molecule has 1 atom stereocenters. The zero-order chi connectivity index (χ0) is 12.0. The number of ether oxygens (including phenoxy) is 1. The summed E-state index contributed by atoms with van der Waals surface area (Å²) >= 11 is 0. The van der Waals surface area contributed by atoms with E-state index in [0.29, 0.717) is 6.54 Å². The summed E-state index contributed by atoms with van der Waals surface area (Å²) in [5.74, 6) is 0.945. The lowest BCUT2D eigenvalue weighted by molar-refractivity contribution is 0.317.